The highest BCUT2D eigenvalue weighted by atomic mass is 16.5. The zero-order chi connectivity index (χ0) is 19.9. The summed E-state index contributed by atoms with van der Waals surface area (Å²) in [7, 11) is 1.52. The third-order valence-electron chi connectivity index (χ3n) is 4.39. The van der Waals surface area contributed by atoms with E-state index in [1.54, 1.807) is 30.3 Å². The third kappa shape index (κ3) is 5.31. The van der Waals surface area contributed by atoms with Crippen LogP contribution in [0.25, 0.3) is 0 Å². The Hall–Kier alpha value is -2.90. The van der Waals surface area contributed by atoms with Gasteiger partial charge in [-0.05, 0) is 60.9 Å². The van der Waals surface area contributed by atoms with Gasteiger partial charge in [-0.3, -0.25) is 4.79 Å². The summed E-state index contributed by atoms with van der Waals surface area (Å²) in [4.78, 5) is 23.8. The maximum Gasteiger partial charge on any atom is 0.335 e. The van der Waals surface area contributed by atoms with E-state index in [9.17, 15) is 14.7 Å². The van der Waals surface area contributed by atoms with Gasteiger partial charge in [0.15, 0.2) is 0 Å². The fourth-order valence-electron chi connectivity index (χ4n) is 3.01. The van der Waals surface area contributed by atoms with Crippen LogP contribution >= 0.6 is 0 Å². The number of methoxy groups -OCH3 is 1. The van der Waals surface area contributed by atoms with Crippen molar-refractivity contribution in [2.45, 2.75) is 25.6 Å². The lowest BCUT2D eigenvalue weighted by Gasteiger charge is -2.12. The monoisotopic (exact) mass is 385 g/mol. The van der Waals surface area contributed by atoms with E-state index in [1.807, 2.05) is 0 Å². The van der Waals surface area contributed by atoms with Crippen molar-refractivity contribution in [1.82, 2.24) is 0 Å². The first-order chi connectivity index (χ1) is 13.5. The van der Waals surface area contributed by atoms with Gasteiger partial charge in [-0.25, -0.2) is 4.79 Å². The summed E-state index contributed by atoms with van der Waals surface area (Å²) in [5.41, 5.74) is 1.59. The average molecular weight is 385 g/mol. The van der Waals surface area contributed by atoms with E-state index >= 15 is 0 Å². The van der Waals surface area contributed by atoms with Crippen molar-refractivity contribution in [1.29, 1.82) is 0 Å². The van der Waals surface area contributed by atoms with Crippen molar-refractivity contribution in [2.24, 2.45) is 0 Å². The molecule has 2 aromatic carbocycles. The molecule has 0 aliphatic carbocycles. The van der Waals surface area contributed by atoms with Crippen LogP contribution < -0.4 is 10.1 Å². The Morgan fingerprint density at radius 3 is 2.61 bits per heavy atom. The first kappa shape index (κ1) is 19.9. The molecule has 2 aromatic rings. The molecule has 2 N–H and O–H groups in total. The number of carboxylic acid groups (broad SMARTS) is 1. The van der Waals surface area contributed by atoms with Gasteiger partial charge in [0, 0.05) is 25.0 Å². The summed E-state index contributed by atoms with van der Waals surface area (Å²) >= 11 is 0. The van der Waals surface area contributed by atoms with E-state index in [2.05, 4.69) is 5.32 Å². The fourth-order valence-corrected chi connectivity index (χ4v) is 3.01. The smallest absolute Gasteiger partial charge is 0.335 e. The second-order valence-corrected chi connectivity index (χ2v) is 6.58. The Bertz CT molecular complexity index is 827. The number of ether oxygens (including phenoxy) is 3. The van der Waals surface area contributed by atoms with Crippen LogP contribution in [-0.2, 0) is 16.1 Å². The highest BCUT2D eigenvalue weighted by Gasteiger charge is 2.16. The Morgan fingerprint density at radius 1 is 1.18 bits per heavy atom. The Morgan fingerprint density at radius 2 is 1.96 bits per heavy atom. The Labute approximate surface area is 163 Å². The molecule has 0 bridgehead atoms. The summed E-state index contributed by atoms with van der Waals surface area (Å²) < 4.78 is 16.3. The highest BCUT2D eigenvalue weighted by Crippen LogP contribution is 2.19. The molecule has 1 unspecified atom stereocenters. The summed E-state index contributed by atoms with van der Waals surface area (Å²) in [6, 6.07) is 11.4. The molecule has 1 atom stereocenters. The number of hydrogen-bond donors (Lipinski definition) is 2. The van der Waals surface area contributed by atoms with Crippen LogP contribution in [0.1, 0.15) is 39.1 Å². The third-order valence-corrected chi connectivity index (χ3v) is 4.39. The van der Waals surface area contributed by atoms with Gasteiger partial charge in [0.05, 0.1) is 18.3 Å². The van der Waals surface area contributed by atoms with Gasteiger partial charge in [-0.2, -0.15) is 0 Å². The van der Waals surface area contributed by atoms with Crippen molar-refractivity contribution in [3.8, 4) is 5.75 Å². The number of carbonyl (C=O) groups is 2. The van der Waals surface area contributed by atoms with E-state index < -0.39 is 5.97 Å². The number of anilines is 1. The largest absolute Gasteiger partial charge is 0.491 e. The van der Waals surface area contributed by atoms with E-state index in [1.165, 1.54) is 19.2 Å². The van der Waals surface area contributed by atoms with Crippen LogP contribution in [0.5, 0.6) is 5.75 Å². The number of rotatable bonds is 8. The zero-order valence-electron chi connectivity index (χ0n) is 15.6. The first-order valence-electron chi connectivity index (χ1n) is 9.07. The molecule has 1 fully saturated rings. The van der Waals surface area contributed by atoms with Gasteiger partial charge in [0.25, 0.3) is 5.91 Å². The maximum absolute atomic E-state index is 12.5. The van der Waals surface area contributed by atoms with E-state index in [0.717, 1.165) is 19.4 Å². The number of benzene rings is 2. The molecule has 0 saturated carbocycles. The Balaban J connectivity index is 1.64. The maximum atomic E-state index is 12.5. The predicted octanol–water partition coefficient (Wildman–Crippen LogP) is 3.34. The number of nitrogens with one attached hydrogen (secondary N) is 1. The molecule has 0 spiro atoms. The minimum atomic E-state index is -1.07. The molecule has 1 aliphatic heterocycles. The van der Waals surface area contributed by atoms with Gasteiger partial charge < -0.3 is 24.6 Å². The summed E-state index contributed by atoms with van der Waals surface area (Å²) in [6.07, 6.45) is 2.19. The summed E-state index contributed by atoms with van der Waals surface area (Å²) in [5, 5.41) is 12.0. The van der Waals surface area contributed by atoms with E-state index in [0.29, 0.717) is 29.2 Å². The molecule has 28 heavy (non-hydrogen) atoms. The van der Waals surface area contributed by atoms with Gasteiger partial charge in [-0.1, -0.05) is 0 Å². The molecule has 1 aliphatic rings. The number of aromatic carboxylic acids is 1. The number of amides is 1. The van der Waals surface area contributed by atoms with Crippen LogP contribution in [0.15, 0.2) is 42.5 Å². The number of hydrogen-bond acceptors (Lipinski definition) is 5. The van der Waals surface area contributed by atoms with Crippen LogP contribution in [0.2, 0.25) is 0 Å². The molecule has 7 heteroatoms. The molecule has 0 radical (unpaired) electrons. The molecule has 0 aromatic heterocycles. The van der Waals surface area contributed by atoms with Crippen LogP contribution in [0.4, 0.5) is 5.69 Å². The summed E-state index contributed by atoms with van der Waals surface area (Å²) in [6.45, 7) is 1.53. The molecular formula is C21H23NO6. The van der Waals surface area contributed by atoms with Crippen LogP contribution in [0.3, 0.4) is 0 Å². The molecule has 1 amide bonds. The van der Waals surface area contributed by atoms with Crippen LogP contribution in [-0.4, -0.2) is 43.4 Å². The number of carbonyl (C=O) groups excluding carboxylic acids is 1. The minimum absolute atomic E-state index is 0.0859. The van der Waals surface area contributed by atoms with Crippen LogP contribution in [0, 0.1) is 0 Å². The lowest BCUT2D eigenvalue weighted by molar-refractivity contribution is 0.0679. The topological polar surface area (TPSA) is 94.1 Å². The average Bonchev–Trinajstić information content (AvgIpc) is 3.20. The van der Waals surface area contributed by atoms with Gasteiger partial charge in [0.2, 0.25) is 0 Å². The van der Waals surface area contributed by atoms with Gasteiger partial charge in [0.1, 0.15) is 12.4 Å². The highest BCUT2D eigenvalue weighted by molar-refractivity contribution is 6.05. The lowest BCUT2D eigenvalue weighted by Crippen LogP contribution is -2.16. The SMILES string of the molecule is COCc1cc(NC(=O)c2ccc(OCC3CCCO3)cc2)cc(C(=O)O)c1. The second kappa shape index (κ2) is 9.34. The predicted molar refractivity (Wildman–Crippen MR) is 103 cm³/mol. The fraction of sp³-hybridized carbons (Fsp3) is 0.333. The molecule has 3 rings (SSSR count). The van der Waals surface area contributed by atoms with E-state index in [4.69, 9.17) is 14.2 Å². The Kier molecular flexibility index (Phi) is 6.62. The van der Waals surface area contributed by atoms with Crippen molar-refractivity contribution >= 4 is 17.6 Å². The van der Waals surface area contributed by atoms with E-state index in [-0.39, 0.29) is 24.2 Å². The molecule has 148 valence electrons. The quantitative estimate of drug-likeness (QED) is 0.724. The minimum Gasteiger partial charge on any atom is -0.491 e. The second-order valence-electron chi connectivity index (χ2n) is 6.58. The molecule has 7 nitrogen and oxygen atoms in total. The van der Waals surface area contributed by atoms with Crippen molar-refractivity contribution in [2.75, 3.05) is 25.6 Å². The first-order valence-corrected chi connectivity index (χ1v) is 9.07. The normalized spacial score (nSPS) is 16.0. The lowest BCUT2D eigenvalue weighted by atomic mass is 10.1. The zero-order valence-corrected chi connectivity index (χ0v) is 15.6. The van der Waals surface area contributed by atoms with Crippen molar-refractivity contribution < 1.29 is 28.9 Å². The van der Waals surface area contributed by atoms with Crippen molar-refractivity contribution in [3.63, 3.8) is 0 Å². The molecular weight excluding hydrogens is 362 g/mol. The molecule has 1 saturated heterocycles. The summed E-state index contributed by atoms with van der Waals surface area (Å²) in [5.74, 6) is -0.736. The van der Waals surface area contributed by atoms with Crippen molar-refractivity contribution in [3.05, 3.63) is 59.2 Å². The van der Waals surface area contributed by atoms with Gasteiger partial charge in [-0.15, -0.1) is 0 Å². The molecule has 1 heterocycles. The van der Waals surface area contributed by atoms with Gasteiger partial charge >= 0.3 is 5.97 Å². The number of carboxylic acids is 1. The standard InChI is InChI=1S/C21H23NO6/c1-26-12-14-9-16(21(24)25)11-17(10-14)22-20(23)15-4-6-18(7-5-15)28-13-19-3-2-8-27-19/h4-7,9-11,19H,2-3,8,12-13H2,1H3,(H,22,23)(H,24,25).